The Bertz CT molecular complexity index is 921. The Balaban J connectivity index is 1.91. The minimum atomic E-state index is -0.446. The van der Waals surface area contributed by atoms with Crippen LogP contribution in [-0.2, 0) is 17.6 Å². The smallest absolute Gasteiger partial charge is 0.227 e. The van der Waals surface area contributed by atoms with E-state index in [1.165, 1.54) is 11.8 Å². The number of pyridine rings is 1. The number of fused-ring (bicyclic) bond motifs is 1. The van der Waals surface area contributed by atoms with Crippen molar-refractivity contribution in [3.63, 3.8) is 0 Å². The number of halogens is 1. The summed E-state index contributed by atoms with van der Waals surface area (Å²) in [6, 6.07) is 9.57. The van der Waals surface area contributed by atoms with Crippen molar-refractivity contribution in [3.05, 3.63) is 51.5 Å². The van der Waals surface area contributed by atoms with Crippen LogP contribution in [0.4, 0.5) is 5.82 Å². The van der Waals surface area contributed by atoms with Crippen molar-refractivity contribution < 1.29 is 4.79 Å². The number of nitrogens with one attached hydrogen (secondary N) is 1. The van der Waals surface area contributed by atoms with Gasteiger partial charge in [0.05, 0.1) is 17.5 Å². The van der Waals surface area contributed by atoms with Crippen LogP contribution in [0.15, 0.2) is 34.4 Å². The summed E-state index contributed by atoms with van der Waals surface area (Å²) in [6.07, 6.45) is 5.42. The Morgan fingerprint density at radius 2 is 2.04 bits per heavy atom. The van der Waals surface area contributed by atoms with Crippen LogP contribution in [-0.4, -0.2) is 22.9 Å². The fourth-order valence-corrected chi connectivity index (χ4v) is 3.84. The normalized spacial score (nSPS) is 13.2. The van der Waals surface area contributed by atoms with Crippen molar-refractivity contribution in [1.82, 2.24) is 4.98 Å². The zero-order valence-corrected chi connectivity index (χ0v) is 16.1. The number of thioether (sulfide) groups is 1. The lowest BCUT2D eigenvalue weighted by Crippen LogP contribution is -2.15. The van der Waals surface area contributed by atoms with E-state index in [0.29, 0.717) is 21.4 Å². The maximum Gasteiger partial charge on any atom is 0.227 e. The molecule has 138 valence electrons. The molecule has 2 aromatic rings. The topological polar surface area (TPSA) is 104 Å². The van der Waals surface area contributed by atoms with Gasteiger partial charge in [-0.25, -0.2) is 4.98 Å². The average molecular weight is 400 g/mol. The molecule has 1 aromatic carbocycles. The van der Waals surface area contributed by atoms with Crippen molar-refractivity contribution in [2.24, 2.45) is 10.8 Å². The number of rotatable bonds is 6. The van der Waals surface area contributed by atoms with E-state index >= 15 is 0 Å². The molecule has 1 amide bonds. The highest BCUT2D eigenvalue weighted by Gasteiger charge is 2.22. The number of aromatic nitrogens is 1. The fourth-order valence-electron chi connectivity index (χ4n) is 2.97. The molecule has 0 bridgehead atoms. The van der Waals surface area contributed by atoms with Crippen molar-refractivity contribution in [1.29, 1.82) is 5.26 Å². The molecular weight excluding hydrogens is 382 g/mol. The zero-order chi connectivity index (χ0) is 19.2. The van der Waals surface area contributed by atoms with Crippen LogP contribution in [0.2, 0.25) is 5.02 Å². The predicted octanol–water partition coefficient (Wildman–Crippen LogP) is 3.51. The first-order chi connectivity index (χ1) is 13.1. The molecule has 3 N–H and O–H groups in total. The Morgan fingerprint density at radius 1 is 1.33 bits per heavy atom. The first-order valence-electron chi connectivity index (χ1n) is 8.50. The van der Waals surface area contributed by atoms with Crippen molar-refractivity contribution in [2.45, 2.75) is 30.7 Å². The van der Waals surface area contributed by atoms with E-state index in [1.807, 2.05) is 12.1 Å². The number of nitrogens with two attached hydrogens (primary N) is 1. The first-order valence-corrected chi connectivity index (χ1v) is 9.86. The molecule has 0 unspecified atom stereocenters. The van der Waals surface area contributed by atoms with Gasteiger partial charge in [-0.05, 0) is 48.9 Å². The molecule has 0 aliphatic heterocycles. The molecule has 3 rings (SSSR count). The number of carbonyl (C=O) groups is 1. The second-order valence-electron chi connectivity index (χ2n) is 6.09. The summed E-state index contributed by atoms with van der Waals surface area (Å²) in [7, 11) is 0. The van der Waals surface area contributed by atoms with Gasteiger partial charge < -0.3 is 5.73 Å². The number of primary amides is 1. The van der Waals surface area contributed by atoms with Crippen molar-refractivity contribution >= 4 is 41.3 Å². The maximum absolute atomic E-state index is 11.1. The summed E-state index contributed by atoms with van der Waals surface area (Å²) in [5, 5.41) is 15.1. The van der Waals surface area contributed by atoms with Gasteiger partial charge in [-0.1, -0.05) is 35.5 Å². The molecule has 27 heavy (non-hydrogen) atoms. The third-order valence-electron chi connectivity index (χ3n) is 4.20. The molecule has 6 nitrogen and oxygen atoms in total. The molecule has 0 spiro atoms. The largest absolute Gasteiger partial charge is 0.369 e. The van der Waals surface area contributed by atoms with E-state index < -0.39 is 5.91 Å². The Morgan fingerprint density at radius 3 is 2.70 bits per heavy atom. The van der Waals surface area contributed by atoms with Crippen LogP contribution in [0.25, 0.3) is 0 Å². The van der Waals surface area contributed by atoms with Crippen LogP contribution in [0.5, 0.6) is 0 Å². The molecule has 0 saturated carbocycles. The van der Waals surface area contributed by atoms with E-state index in [4.69, 9.17) is 17.3 Å². The lowest BCUT2D eigenvalue weighted by atomic mass is 9.89. The Kier molecular flexibility index (Phi) is 6.32. The second-order valence-corrected chi connectivity index (χ2v) is 7.49. The third kappa shape index (κ3) is 4.79. The zero-order valence-electron chi connectivity index (χ0n) is 14.5. The SMILES string of the molecule is N#Cc1c(SCC(N)=O)nc(N/N=C/c2ccc(Cl)cc2)c2c1CCCC2. The number of amides is 1. The Hall–Kier alpha value is -2.56. The Labute approximate surface area is 166 Å². The highest BCUT2D eigenvalue weighted by molar-refractivity contribution is 8.00. The first kappa shape index (κ1) is 19.2. The highest BCUT2D eigenvalue weighted by Crippen LogP contribution is 2.34. The van der Waals surface area contributed by atoms with E-state index in [1.54, 1.807) is 18.3 Å². The van der Waals surface area contributed by atoms with Gasteiger partial charge in [-0.3, -0.25) is 10.2 Å². The third-order valence-corrected chi connectivity index (χ3v) is 5.45. The number of hydrogen-bond acceptors (Lipinski definition) is 6. The van der Waals surface area contributed by atoms with Crippen molar-refractivity contribution in [3.8, 4) is 6.07 Å². The monoisotopic (exact) mass is 399 g/mol. The van der Waals surface area contributed by atoms with Crippen LogP contribution in [0.3, 0.4) is 0 Å². The van der Waals surface area contributed by atoms with E-state index in [0.717, 1.165) is 42.4 Å². The minimum Gasteiger partial charge on any atom is -0.369 e. The number of hydrogen-bond donors (Lipinski definition) is 2. The van der Waals surface area contributed by atoms with Gasteiger partial charge in [0.2, 0.25) is 5.91 Å². The molecule has 1 aliphatic carbocycles. The summed E-state index contributed by atoms with van der Waals surface area (Å²) >= 11 is 7.07. The van der Waals surface area contributed by atoms with Gasteiger partial charge in [-0.2, -0.15) is 10.4 Å². The van der Waals surface area contributed by atoms with Gasteiger partial charge in [0.25, 0.3) is 0 Å². The van der Waals surface area contributed by atoms with Crippen molar-refractivity contribution in [2.75, 3.05) is 11.2 Å². The summed E-state index contributed by atoms with van der Waals surface area (Å²) in [5.74, 6) is 0.257. The van der Waals surface area contributed by atoms with Gasteiger partial charge in [0.15, 0.2) is 5.82 Å². The second kappa shape index (κ2) is 8.89. The molecule has 0 atom stereocenters. The number of anilines is 1. The molecule has 1 aromatic heterocycles. The molecule has 1 aliphatic rings. The van der Waals surface area contributed by atoms with Gasteiger partial charge in [0, 0.05) is 10.6 Å². The number of hydrazone groups is 1. The highest BCUT2D eigenvalue weighted by atomic mass is 35.5. The number of nitrogens with zero attached hydrogens (tertiary/aromatic N) is 3. The summed E-state index contributed by atoms with van der Waals surface area (Å²) < 4.78 is 0. The van der Waals surface area contributed by atoms with E-state index in [-0.39, 0.29) is 5.75 Å². The minimum absolute atomic E-state index is 0.0773. The van der Waals surface area contributed by atoms with E-state index in [2.05, 4.69) is 21.6 Å². The molecule has 0 radical (unpaired) electrons. The number of benzene rings is 1. The molecule has 8 heteroatoms. The summed E-state index contributed by atoms with van der Waals surface area (Å²) in [6.45, 7) is 0. The van der Waals surface area contributed by atoms with Gasteiger partial charge in [0.1, 0.15) is 11.1 Å². The van der Waals surface area contributed by atoms with Crippen LogP contribution >= 0.6 is 23.4 Å². The van der Waals surface area contributed by atoms with E-state index in [9.17, 15) is 10.1 Å². The maximum atomic E-state index is 11.1. The number of nitriles is 1. The van der Waals surface area contributed by atoms with Gasteiger partial charge >= 0.3 is 0 Å². The van der Waals surface area contributed by atoms with Crippen LogP contribution < -0.4 is 11.2 Å². The molecular formula is C19H18ClN5OS. The lowest BCUT2D eigenvalue weighted by molar-refractivity contribution is -0.115. The van der Waals surface area contributed by atoms with Gasteiger partial charge in [-0.15, -0.1) is 0 Å². The standard InChI is InChI=1S/C19H18ClN5OS/c20-13-7-5-12(6-8-13)10-23-25-18-15-4-2-1-3-14(15)16(9-21)19(24-18)27-11-17(22)26/h5-8,10H,1-4,11H2,(H2,22,26)(H,24,25)/b23-10+. The van der Waals surface area contributed by atoms with Crippen LogP contribution in [0, 0.1) is 11.3 Å². The average Bonchev–Trinajstić information content (AvgIpc) is 2.67. The quantitative estimate of drug-likeness (QED) is 0.439. The summed E-state index contributed by atoms with van der Waals surface area (Å²) in [4.78, 5) is 15.7. The lowest BCUT2D eigenvalue weighted by Gasteiger charge is -2.21. The van der Waals surface area contributed by atoms with Crippen LogP contribution in [0.1, 0.15) is 35.1 Å². The summed E-state index contributed by atoms with van der Waals surface area (Å²) in [5.41, 5.74) is 11.7. The molecule has 1 heterocycles. The number of carbonyl (C=O) groups excluding carboxylic acids is 1. The predicted molar refractivity (Wildman–Crippen MR) is 108 cm³/mol. The molecule has 0 fully saturated rings. The fraction of sp³-hybridized carbons (Fsp3) is 0.263. The molecule has 0 saturated heterocycles.